The number of rotatable bonds is 5. The SMILES string of the molecule is CC.CC(=O)NCc1ccncc1.CCCCNC(C)=O. The normalized spacial score (nSPS) is 8.43. The second-order valence-corrected chi connectivity index (χ2v) is 4.10. The summed E-state index contributed by atoms with van der Waals surface area (Å²) < 4.78 is 0. The third-order valence-electron chi connectivity index (χ3n) is 2.20. The Bertz CT molecular complexity index is 367. The van der Waals surface area contributed by atoms with E-state index < -0.39 is 0 Å². The second kappa shape index (κ2) is 16.1. The Morgan fingerprint density at radius 2 is 1.57 bits per heavy atom. The van der Waals surface area contributed by atoms with E-state index in [-0.39, 0.29) is 11.8 Å². The first-order valence-electron chi connectivity index (χ1n) is 7.44. The first kappa shape index (κ1) is 21.4. The highest BCUT2D eigenvalue weighted by Crippen LogP contribution is 1.93. The molecule has 0 atom stereocenters. The van der Waals surface area contributed by atoms with Crippen LogP contribution in [-0.2, 0) is 16.1 Å². The first-order chi connectivity index (χ1) is 10.1. The number of pyridine rings is 1. The quantitative estimate of drug-likeness (QED) is 0.820. The Labute approximate surface area is 128 Å². The van der Waals surface area contributed by atoms with Crippen molar-refractivity contribution >= 4 is 11.8 Å². The summed E-state index contributed by atoms with van der Waals surface area (Å²) in [5.74, 6) is 0.0558. The summed E-state index contributed by atoms with van der Waals surface area (Å²) >= 11 is 0. The maximum Gasteiger partial charge on any atom is 0.217 e. The monoisotopic (exact) mass is 295 g/mol. The van der Waals surface area contributed by atoms with Crippen molar-refractivity contribution in [3.8, 4) is 0 Å². The van der Waals surface area contributed by atoms with Gasteiger partial charge in [-0.1, -0.05) is 27.2 Å². The molecule has 21 heavy (non-hydrogen) atoms. The Kier molecular flexibility index (Phi) is 16.4. The fourth-order valence-electron chi connectivity index (χ4n) is 1.17. The number of aromatic nitrogens is 1. The van der Waals surface area contributed by atoms with Crippen LogP contribution in [0.15, 0.2) is 24.5 Å². The van der Waals surface area contributed by atoms with Crippen molar-refractivity contribution in [2.24, 2.45) is 0 Å². The van der Waals surface area contributed by atoms with Crippen molar-refractivity contribution in [3.63, 3.8) is 0 Å². The second-order valence-electron chi connectivity index (χ2n) is 4.10. The molecule has 0 bridgehead atoms. The number of hydrogen-bond donors (Lipinski definition) is 2. The molecule has 2 N–H and O–H groups in total. The van der Waals surface area contributed by atoms with Gasteiger partial charge in [0, 0.05) is 39.3 Å². The number of nitrogens with one attached hydrogen (secondary N) is 2. The molecule has 0 radical (unpaired) electrons. The smallest absolute Gasteiger partial charge is 0.217 e. The lowest BCUT2D eigenvalue weighted by Crippen LogP contribution is -2.20. The van der Waals surface area contributed by atoms with Crippen molar-refractivity contribution in [1.29, 1.82) is 0 Å². The van der Waals surface area contributed by atoms with Gasteiger partial charge in [-0.25, -0.2) is 0 Å². The molecule has 2 amide bonds. The molecule has 120 valence electrons. The Hall–Kier alpha value is -1.91. The van der Waals surface area contributed by atoms with E-state index in [2.05, 4.69) is 22.5 Å². The molecule has 0 aromatic carbocycles. The van der Waals surface area contributed by atoms with Gasteiger partial charge in [0.15, 0.2) is 0 Å². The van der Waals surface area contributed by atoms with E-state index in [1.54, 1.807) is 12.4 Å². The lowest BCUT2D eigenvalue weighted by atomic mass is 10.3. The van der Waals surface area contributed by atoms with Crippen LogP contribution in [0, 0.1) is 0 Å². The van der Waals surface area contributed by atoms with Gasteiger partial charge in [-0.3, -0.25) is 14.6 Å². The summed E-state index contributed by atoms with van der Waals surface area (Å²) in [4.78, 5) is 24.6. The molecule has 1 rings (SSSR count). The summed E-state index contributed by atoms with van der Waals surface area (Å²) in [5.41, 5.74) is 1.07. The summed E-state index contributed by atoms with van der Waals surface area (Å²) in [7, 11) is 0. The van der Waals surface area contributed by atoms with Gasteiger partial charge >= 0.3 is 0 Å². The van der Waals surface area contributed by atoms with Gasteiger partial charge in [0.05, 0.1) is 0 Å². The van der Waals surface area contributed by atoms with Gasteiger partial charge in [-0.05, 0) is 24.1 Å². The van der Waals surface area contributed by atoms with Gasteiger partial charge in [0.2, 0.25) is 11.8 Å². The molecule has 5 heteroatoms. The Balaban J connectivity index is 0. The van der Waals surface area contributed by atoms with Crippen molar-refractivity contribution in [2.75, 3.05) is 6.54 Å². The van der Waals surface area contributed by atoms with Gasteiger partial charge in [-0.15, -0.1) is 0 Å². The van der Waals surface area contributed by atoms with Crippen LogP contribution in [-0.4, -0.2) is 23.3 Å². The van der Waals surface area contributed by atoms with Crippen molar-refractivity contribution < 1.29 is 9.59 Å². The van der Waals surface area contributed by atoms with E-state index in [0.717, 1.165) is 24.9 Å². The van der Waals surface area contributed by atoms with E-state index in [1.807, 2.05) is 26.0 Å². The molecule has 0 aliphatic heterocycles. The van der Waals surface area contributed by atoms with Gasteiger partial charge in [0.1, 0.15) is 0 Å². The number of hydrogen-bond acceptors (Lipinski definition) is 3. The molecule has 0 aliphatic rings. The lowest BCUT2D eigenvalue weighted by Gasteiger charge is -1.99. The van der Waals surface area contributed by atoms with Gasteiger partial charge < -0.3 is 10.6 Å². The zero-order chi connectivity index (χ0) is 16.5. The molecular formula is C16H29N3O2. The van der Waals surface area contributed by atoms with Crippen LogP contribution < -0.4 is 10.6 Å². The minimum absolute atomic E-state index is 0.0122. The molecular weight excluding hydrogens is 266 g/mol. The Morgan fingerprint density at radius 1 is 1.05 bits per heavy atom. The molecule has 1 aromatic heterocycles. The Morgan fingerprint density at radius 3 is 2.00 bits per heavy atom. The number of carbonyl (C=O) groups is 2. The fraction of sp³-hybridized carbons (Fsp3) is 0.562. The number of nitrogens with zero attached hydrogens (tertiary/aromatic N) is 1. The molecule has 1 aromatic rings. The molecule has 0 aliphatic carbocycles. The van der Waals surface area contributed by atoms with E-state index in [0.29, 0.717) is 6.54 Å². The largest absolute Gasteiger partial charge is 0.356 e. The van der Waals surface area contributed by atoms with Crippen molar-refractivity contribution in [2.45, 2.75) is 54.0 Å². The first-order valence-corrected chi connectivity index (χ1v) is 7.44. The number of carbonyl (C=O) groups excluding carboxylic acids is 2. The van der Waals surface area contributed by atoms with Crippen LogP contribution in [0.3, 0.4) is 0 Å². The highest BCUT2D eigenvalue weighted by Gasteiger charge is 1.91. The molecule has 0 spiro atoms. The highest BCUT2D eigenvalue weighted by atomic mass is 16.1. The fourth-order valence-corrected chi connectivity index (χ4v) is 1.17. The van der Waals surface area contributed by atoms with Crippen LogP contribution in [0.4, 0.5) is 0 Å². The van der Waals surface area contributed by atoms with E-state index >= 15 is 0 Å². The zero-order valence-electron chi connectivity index (χ0n) is 13.9. The lowest BCUT2D eigenvalue weighted by molar-refractivity contribution is -0.119. The van der Waals surface area contributed by atoms with Gasteiger partial charge in [-0.2, -0.15) is 0 Å². The summed E-state index contributed by atoms with van der Waals surface area (Å²) in [6.07, 6.45) is 5.63. The van der Waals surface area contributed by atoms with E-state index in [1.165, 1.54) is 13.8 Å². The van der Waals surface area contributed by atoms with Crippen LogP contribution in [0.5, 0.6) is 0 Å². The predicted octanol–water partition coefficient (Wildman–Crippen LogP) is 2.67. The number of amides is 2. The molecule has 0 unspecified atom stereocenters. The maximum atomic E-state index is 10.5. The topological polar surface area (TPSA) is 71.1 Å². The summed E-state index contributed by atoms with van der Waals surface area (Å²) in [6, 6.07) is 3.74. The molecule has 0 saturated heterocycles. The van der Waals surface area contributed by atoms with E-state index in [9.17, 15) is 9.59 Å². The molecule has 1 heterocycles. The van der Waals surface area contributed by atoms with Crippen LogP contribution >= 0.6 is 0 Å². The predicted molar refractivity (Wildman–Crippen MR) is 86.7 cm³/mol. The van der Waals surface area contributed by atoms with Crippen molar-refractivity contribution in [1.82, 2.24) is 15.6 Å². The third kappa shape index (κ3) is 18.1. The van der Waals surface area contributed by atoms with Crippen LogP contribution in [0.25, 0.3) is 0 Å². The zero-order valence-corrected chi connectivity index (χ0v) is 13.9. The number of unbranched alkanes of at least 4 members (excludes halogenated alkanes) is 1. The maximum absolute atomic E-state index is 10.5. The van der Waals surface area contributed by atoms with Crippen LogP contribution in [0.1, 0.15) is 53.0 Å². The minimum Gasteiger partial charge on any atom is -0.356 e. The highest BCUT2D eigenvalue weighted by molar-refractivity contribution is 5.73. The molecule has 5 nitrogen and oxygen atoms in total. The summed E-state index contributed by atoms with van der Waals surface area (Å²) in [5, 5.41) is 5.40. The average Bonchev–Trinajstić information content (AvgIpc) is 2.49. The van der Waals surface area contributed by atoms with Crippen LogP contribution in [0.2, 0.25) is 0 Å². The van der Waals surface area contributed by atoms with E-state index in [4.69, 9.17) is 0 Å². The van der Waals surface area contributed by atoms with Gasteiger partial charge in [0.25, 0.3) is 0 Å². The van der Waals surface area contributed by atoms with Crippen molar-refractivity contribution in [3.05, 3.63) is 30.1 Å². The summed E-state index contributed by atoms with van der Waals surface area (Å²) in [6.45, 7) is 10.5. The average molecular weight is 295 g/mol. The molecule has 0 saturated carbocycles. The third-order valence-corrected chi connectivity index (χ3v) is 2.20. The molecule has 0 fully saturated rings. The minimum atomic E-state index is -0.0122. The standard InChI is InChI=1S/C8H10N2O.C6H13NO.C2H6/c1-7(11)10-6-8-2-4-9-5-3-8;1-3-4-5-7-6(2)8;1-2/h2-5H,6H2,1H3,(H,10,11);3-5H2,1-2H3,(H,7,8);1-2H3.